The van der Waals surface area contributed by atoms with E-state index in [2.05, 4.69) is 21.2 Å². The summed E-state index contributed by atoms with van der Waals surface area (Å²) >= 11 is 15.7. The molecular formula is C23H27BrCl2N2O3. The van der Waals surface area contributed by atoms with Crippen molar-refractivity contribution in [2.75, 3.05) is 6.61 Å². The summed E-state index contributed by atoms with van der Waals surface area (Å²) < 4.78 is 6.66. The largest absolute Gasteiger partial charge is 0.484 e. The van der Waals surface area contributed by atoms with Crippen LogP contribution in [0.4, 0.5) is 0 Å². The third kappa shape index (κ3) is 7.70. The van der Waals surface area contributed by atoms with Crippen LogP contribution < -0.4 is 10.1 Å². The summed E-state index contributed by atoms with van der Waals surface area (Å²) in [6.45, 7) is 9.23. The van der Waals surface area contributed by atoms with Gasteiger partial charge in [-0.1, -0.05) is 45.2 Å². The molecule has 168 valence electrons. The van der Waals surface area contributed by atoms with Gasteiger partial charge in [0.15, 0.2) is 6.61 Å². The second-order valence-electron chi connectivity index (χ2n) is 8.37. The fourth-order valence-electron chi connectivity index (χ4n) is 2.83. The summed E-state index contributed by atoms with van der Waals surface area (Å²) in [5.74, 6) is -0.0149. The van der Waals surface area contributed by atoms with Gasteiger partial charge in [-0.15, -0.1) is 0 Å². The zero-order valence-corrected chi connectivity index (χ0v) is 21.4. The highest BCUT2D eigenvalue weighted by atomic mass is 79.9. The molecule has 0 spiro atoms. The molecule has 0 fully saturated rings. The molecule has 1 atom stereocenters. The van der Waals surface area contributed by atoms with Gasteiger partial charge in [-0.3, -0.25) is 9.59 Å². The lowest BCUT2D eigenvalue weighted by Crippen LogP contribution is -2.53. The van der Waals surface area contributed by atoms with Crippen LogP contribution in [-0.4, -0.2) is 34.9 Å². The molecule has 0 aliphatic heterocycles. The van der Waals surface area contributed by atoms with E-state index in [0.717, 1.165) is 10.0 Å². The van der Waals surface area contributed by atoms with E-state index in [1.807, 2.05) is 39.8 Å². The number of amides is 2. The lowest BCUT2D eigenvalue weighted by molar-refractivity contribution is -0.142. The van der Waals surface area contributed by atoms with Crippen molar-refractivity contribution in [2.24, 2.45) is 0 Å². The molecule has 0 saturated carbocycles. The highest BCUT2D eigenvalue weighted by molar-refractivity contribution is 9.10. The Morgan fingerprint density at radius 2 is 1.84 bits per heavy atom. The molecule has 2 aromatic carbocycles. The number of rotatable bonds is 7. The van der Waals surface area contributed by atoms with Gasteiger partial charge in [0.2, 0.25) is 5.91 Å². The van der Waals surface area contributed by atoms with E-state index in [1.54, 1.807) is 31.2 Å². The molecule has 0 heterocycles. The fraction of sp³-hybridized carbons (Fsp3) is 0.391. The molecule has 0 bridgehead atoms. The molecule has 2 amide bonds. The average Bonchev–Trinajstić information content (AvgIpc) is 2.66. The van der Waals surface area contributed by atoms with Crippen LogP contribution in [0.15, 0.2) is 40.9 Å². The van der Waals surface area contributed by atoms with Crippen LogP contribution in [0.1, 0.15) is 38.8 Å². The van der Waals surface area contributed by atoms with Crippen LogP contribution in [0.3, 0.4) is 0 Å². The lowest BCUT2D eigenvalue weighted by atomic mass is 10.1. The van der Waals surface area contributed by atoms with Crippen LogP contribution in [0.25, 0.3) is 0 Å². The van der Waals surface area contributed by atoms with Crippen molar-refractivity contribution in [2.45, 2.75) is 52.7 Å². The Hall–Kier alpha value is -1.76. The first-order valence-corrected chi connectivity index (χ1v) is 11.4. The molecule has 8 heteroatoms. The third-order valence-electron chi connectivity index (χ3n) is 4.51. The van der Waals surface area contributed by atoms with E-state index in [0.29, 0.717) is 21.4 Å². The Labute approximate surface area is 202 Å². The number of carbonyl (C=O) groups is 2. The molecule has 5 nitrogen and oxygen atoms in total. The molecule has 0 saturated heterocycles. The maximum atomic E-state index is 13.1. The zero-order valence-electron chi connectivity index (χ0n) is 18.3. The first-order chi connectivity index (χ1) is 14.4. The van der Waals surface area contributed by atoms with Crippen molar-refractivity contribution in [1.82, 2.24) is 10.2 Å². The number of nitrogens with one attached hydrogen (secondary N) is 1. The normalized spacial score (nSPS) is 12.3. The number of hydrogen-bond donors (Lipinski definition) is 1. The molecule has 0 aliphatic rings. The minimum Gasteiger partial charge on any atom is -0.484 e. The number of halogens is 3. The van der Waals surface area contributed by atoms with Crippen molar-refractivity contribution >= 4 is 50.9 Å². The van der Waals surface area contributed by atoms with E-state index in [9.17, 15) is 9.59 Å². The number of carbonyl (C=O) groups excluding carboxylic acids is 2. The number of nitrogens with zero attached hydrogens (tertiary/aromatic N) is 1. The van der Waals surface area contributed by atoms with Crippen molar-refractivity contribution in [3.63, 3.8) is 0 Å². The Bertz CT molecular complexity index is 960. The Morgan fingerprint density at radius 1 is 1.16 bits per heavy atom. The fourth-order valence-corrected chi connectivity index (χ4v) is 3.54. The van der Waals surface area contributed by atoms with Gasteiger partial charge in [-0.25, -0.2) is 0 Å². The Morgan fingerprint density at radius 3 is 2.42 bits per heavy atom. The standard InChI is InChI=1S/C23H27BrCl2N2O3/c1-14-10-18(8-9-19(14)24)31-13-21(29)28(15(2)22(30)27-23(3,4)5)12-16-6-7-17(25)11-20(16)26/h6-11,15H,12-13H2,1-5H3,(H,27,30)/t15-/m1/s1. The molecule has 0 aliphatic carbocycles. The van der Waals surface area contributed by atoms with Gasteiger partial charge in [0, 0.05) is 26.6 Å². The van der Waals surface area contributed by atoms with E-state index >= 15 is 0 Å². The van der Waals surface area contributed by atoms with Crippen molar-refractivity contribution in [1.29, 1.82) is 0 Å². The average molecular weight is 530 g/mol. The molecule has 0 radical (unpaired) electrons. The Balaban J connectivity index is 2.23. The van der Waals surface area contributed by atoms with E-state index in [4.69, 9.17) is 27.9 Å². The van der Waals surface area contributed by atoms with Crippen LogP contribution in [0, 0.1) is 6.92 Å². The number of ether oxygens (including phenoxy) is 1. The molecule has 0 aromatic heterocycles. The SMILES string of the molecule is Cc1cc(OCC(=O)N(Cc2ccc(Cl)cc2Cl)[C@H](C)C(=O)NC(C)(C)C)ccc1Br. The van der Waals surface area contributed by atoms with Gasteiger partial charge < -0.3 is 15.0 Å². The minimum atomic E-state index is -0.728. The first kappa shape index (κ1) is 25.5. The van der Waals surface area contributed by atoms with E-state index < -0.39 is 11.6 Å². The summed E-state index contributed by atoms with van der Waals surface area (Å²) in [5, 5.41) is 3.85. The zero-order chi connectivity index (χ0) is 23.3. The summed E-state index contributed by atoms with van der Waals surface area (Å²) in [7, 11) is 0. The molecule has 0 unspecified atom stereocenters. The summed E-state index contributed by atoms with van der Waals surface area (Å²) in [5.41, 5.74) is 1.26. The predicted molar refractivity (Wildman–Crippen MR) is 129 cm³/mol. The third-order valence-corrected chi connectivity index (χ3v) is 5.99. The van der Waals surface area contributed by atoms with Gasteiger partial charge in [0.25, 0.3) is 5.91 Å². The van der Waals surface area contributed by atoms with Crippen molar-refractivity contribution < 1.29 is 14.3 Å². The number of benzene rings is 2. The smallest absolute Gasteiger partial charge is 0.261 e. The van der Waals surface area contributed by atoms with Crippen molar-refractivity contribution in [3.05, 3.63) is 62.0 Å². The van der Waals surface area contributed by atoms with E-state index in [1.165, 1.54) is 4.90 Å². The summed E-state index contributed by atoms with van der Waals surface area (Å²) in [6, 6.07) is 9.81. The first-order valence-electron chi connectivity index (χ1n) is 9.82. The van der Waals surface area contributed by atoms with Gasteiger partial charge in [-0.2, -0.15) is 0 Å². The van der Waals surface area contributed by atoms with Gasteiger partial charge in [0.05, 0.1) is 0 Å². The van der Waals surface area contributed by atoms with Crippen LogP contribution in [-0.2, 0) is 16.1 Å². The molecule has 1 N–H and O–H groups in total. The molecule has 31 heavy (non-hydrogen) atoms. The highest BCUT2D eigenvalue weighted by Crippen LogP contribution is 2.24. The highest BCUT2D eigenvalue weighted by Gasteiger charge is 2.29. The van der Waals surface area contributed by atoms with E-state index in [-0.39, 0.29) is 25.0 Å². The monoisotopic (exact) mass is 528 g/mol. The Kier molecular flexibility index (Phi) is 8.81. The number of aryl methyl sites for hydroxylation is 1. The summed E-state index contributed by atoms with van der Waals surface area (Å²) in [6.07, 6.45) is 0. The predicted octanol–water partition coefficient (Wildman–Crippen LogP) is 5.78. The van der Waals surface area contributed by atoms with Crippen LogP contribution in [0.2, 0.25) is 10.0 Å². The quantitative estimate of drug-likeness (QED) is 0.495. The minimum absolute atomic E-state index is 0.149. The number of hydrogen-bond acceptors (Lipinski definition) is 3. The molecule has 2 rings (SSSR count). The molecule has 2 aromatic rings. The van der Waals surface area contributed by atoms with Gasteiger partial charge in [-0.05, 0) is 76.1 Å². The maximum Gasteiger partial charge on any atom is 0.261 e. The van der Waals surface area contributed by atoms with Gasteiger partial charge >= 0.3 is 0 Å². The van der Waals surface area contributed by atoms with Crippen molar-refractivity contribution in [3.8, 4) is 5.75 Å². The topological polar surface area (TPSA) is 58.6 Å². The maximum absolute atomic E-state index is 13.1. The molecular weight excluding hydrogens is 503 g/mol. The second-order valence-corrected chi connectivity index (χ2v) is 10.1. The second kappa shape index (κ2) is 10.7. The van der Waals surface area contributed by atoms with Gasteiger partial charge in [0.1, 0.15) is 11.8 Å². The summed E-state index contributed by atoms with van der Waals surface area (Å²) in [4.78, 5) is 27.4. The van der Waals surface area contributed by atoms with Crippen LogP contribution >= 0.6 is 39.1 Å². The van der Waals surface area contributed by atoms with Crippen LogP contribution in [0.5, 0.6) is 5.75 Å². The lowest BCUT2D eigenvalue weighted by Gasteiger charge is -2.31.